The second-order valence-corrected chi connectivity index (χ2v) is 3.73. The topological polar surface area (TPSA) is 17.1 Å². The highest BCUT2D eigenvalue weighted by atomic mass is 19.1. The highest BCUT2D eigenvalue weighted by Crippen LogP contribution is 2.12. The molecule has 0 radical (unpaired) electrons. The normalized spacial score (nSPS) is 10.8. The predicted octanol–water partition coefficient (Wildman–Crippen LogP) is 3.86. The van der Waals surface area contributed by atoms with Crippen LogP contribution in [0.5, 0.6) is 0 Å². The molecule has 0 saturated heterocycles. The quantitative estimate of drug-likeness (QED) is 0.592. The summed E-state index contributed by atoms with van der Waals surface area (Å²) < 4.78 is 26.0. The van der Waals surface area contributed by atoms with Gasteiger partial charge in [-0.05, 0) is 24.3 Å². The average Bonchev–Trinajstić information content (AvgIpc) is 2.38. The van der Waals surface area contributed by atoms with Crippen molar-refractivity contribution in [1.82, 2.24) is 0 Å². The van der Waals surface area contributed by atoms with Crippen molar-refractivity contribution >= 4 is 11.9 Å². The van der Waals surface area contributed by atoms with E-state index in [1.807, 2.05) is 0 Å². The first-order chi connectivity index (χ1) is 8.66. The van der Waals surface area contributed by atoms with Crippen molar-refractivity contribution in [3.8, 4) is 0 Å². The molecule has 0 aliphatic heterocycles. The molecule has 18 heavy (non-hydrogen) atoms. The Labute approximate surface area is 103 Å². The van der Waals surface area contributed by atoms with Gasteiger partial charge in [-0.3, -0.25) is 4.79 Å². The standard InChI is InChI=1S/C15H10F2O/c16-13-8-6-11(14(17)10-13)7-9-15(18)12-4-2-1-3-5-12/h1-10H. The molecule has 0 N–H and O–H groups in total. The van der Waals surface area contributed by atoms with Crippen LogP contribution < -0.4 is 0 Å². The summed E-state index contributed by atoms with van der Waals surface area (Å²) in [6.45, 7) is 0. The lowest BCUT2D eigenvalue weighted by atomic mass is 10.1. The molecular formula is C15H10F2O. The second-order valence-electron chi connectivity index (χ2n) is 3.73. The Bertz CT molecular complexity index is 589. The molecule has 0 saturated carbocycles. The Kier molecular flexibility index (Phi) is 3.63. The molecule has 0 unspecified atom stereocenters. The van der Waals surface area contributed by atoms with E-state index in [1.165, 1.54) is 18.2 Å². The van der Waals surface area contributed by atoms with E-state index in [2.05, 4.69) is 0 Å². The maximum absolute atomic E-state index is 13.3. The van der Waals surface area contributed by atoms with Crippen molar-refractivity contribution in [1.29, 1.82) is 0 Å². The summed E-state index contributed by atoms with van der Waals surface area (Å²) in [6, 6.07) is 11.9. The summed E-state index contributed by atoms with van der Waals surface area (Å²) in [5.41, 5.74) is 0.706. The molecule has 0 fully saturated rings. The summed E-state index contributed by atoms with van der Waals surface area (Å²) in [5.74, 6) is -1.55. The minimum absolute atomic E-state index is 0.181. The molecule has 0 aliphatic carbocycles. The molecule has 3 heteroatoms. The van der Waals surface area contributed by atoms with Gasteiger partial charge in [0.25, 0.3) is 0 Å². The number of allylic oxidation sites excluding steroid dienone is 1. The number of ketones is 1. The van der Waals surface area contributed by atoms with E-state index < -0.39 is 11.6 Å². The van der Waals surface area contributed by atoms with E-state index >= 15 is 0 Å². The van der Waals surface area contributed by atoms with Gasteiger partial charge in [-0.25, -0.2) is 8.78 Å². The van der Waals surface area contributed by atoms with Crippen LogP contribution in [0.25, 0.3) is 6.08 Å². The Hall–Kier alpha value is -2.29. The van der Waals surface area contributed by atoms with Gasteiger partial charge in [0.2, 0.25) is 0 Å². The maximum Gasteiger partial charge on any atom is 0.185 e. The summed E-state index contributed by atoms with van der Waals surface area (Å²) in [6.07, 6.45) is 2.61. The van der Waals surface area contributed by atoms with Gasteiger partial charge in [0.05, 0.1) is 0 Å². The number of hydrogen-bond acceptors (Lipinski definition) is 1. The van der Waals surface area contributed by atoms with Gasteiger partial charge in [0.1, 0.15) is 11.6 Å². The van der Waals surface area contributed by atoms with E-state index in [9.17, 15) is 13.6 Å². The number of benzene rings is 2. The molecule has 2 rings (SSSR count). The molecule has 0 bridgehead atoms. The highest BCUT2D eigenvalue weighted by molar-refractivity contribution is 6.06. The molecule has 0 aromatic heterocycles. The largest absolute Gasteiger partial charge is 0.289 e. The number of halogens is 2. The van der Waals surface area contributed by atoms with Gasteiger partial charge >= 0.3 is 0 Å². The minimum atomic E-state index is -0.688. The van der Waals surface area contributed by atoms with Crippen molar-refractivity contribution in [2.24, 2.45) is 0 Å². The lowest BCUT2D eigenvalue weighted by molar-refractivity contribution is 0.104. The maximum atomic E-state index is 13.3. The third-order valence-corrected chi connectivity index (χ3v) is 2.44. The van der Waals surface area contributed by atoms with Gasteiger partial charge in [0.15, 0.2) is 5.78 Å². The first kappa shape index (κ1) is 12.2. The van der Waals surface area contributed by atoms with Crippen molar-refractivity contribution in [3.63, 3.8) is 0 Å². The van der Waals surface area contributed by atoms with Crippen LogP contribution in [0.2, 0.25) is 0 Å². The van der Waals surface area contributed by atoms with Gasteiger partial charge in [-0.2, -0.15) is 0 Å². The first-order valence-corrected chi connectivity index (χ1v) is 5.39. The highest BCUT2D eigenvalue weighted by Gasteiger charge is 2.03. The smallest absolute Gasteiger partial charge is 0.185 e. The van der Waals surface area contributed by atoms with E-state index in [1.54, 1.807) is 30.3 Å². The van der Waals surface area contributed by atoms with Crippen LogP contribution >= 0.6 is 0 Å². The molecule has 90 valence electrons. The van der Waals surface area contributed by atoms with Gasteiger partial charge < -0.3 is 0 Å². The zero-order valence-electron chi connectivity index (χ0n) is 9.44. The molecule has 0 heterocycles. The van der Waals surface area contributed by atoms with E-state index in [4.69, 9.17) is 0 Å². The fourth-order valence-corrected chi connectivity index (χ4v) is 1.50. The molecule has 1 nitrogen and oxygen atoms in total. The third kappa shape index (κ3) is 2.88. The van der Waals surface area contributed by atoms with Crippen molar-refractivity contribution in [2.45, 2.75) is 0 Å². The zero-order valence-corrected chi connectivity index (χ0v) is 9.44. The lowest BCUT2D eigenvalue weighted by Gasteiger charge is -1.97. The molecule has 0 amide bonds. The second kappa shape index (κ2) is 5.36. The van der Waals surface area contributed by atoms with Crippen molar-refractivity contribution in [3.05, 3.63) is 77.4 Å². The van der Waals surface area contributed by atoms with Crippen LogP contribution in [0.15, 0.2) is 54.6 Å². The Morgan fingerprint density at radius 1 is 1.00 bits per heavy atom. The summed E-state index contributed by atoms with van der Waals surface area (Å²) in [7, 11) is 0. The molecule has 0 aliphatic rings. The number of carbonyl (C=O) groups excluding carboxylic acids is 1. The molecule has 2 aromatic rings. The lowest BCUT2D eigenvalue weighted by Crippen LogP contribution is -1.93. The zero-order chi connectivity index (χ0) is 13.0. The van der Waals surface area contributed by atoms with Crippen LogP contribution in [0.1, 0.15) is 15.9 Å². The monoisotopic (exact) mass is 244 g/mol. The van der Waals surface area contributed by atoms with Crippen LogP contribution in [0, 0.1) is 11.6 Å². The summed E-state index contributed by atoms with van der Waals surface area (Å²) in [5, 5.41) is 0. The Morgan fingerprint density at radius 2 is 1.72 bits per heavy atom. The summed E-state index contributed by atoms with van der Waals surface area (Å²) in [4.78, 5) is 11.7. The van der Waals surface area contributed by atoms with Gasteiger partial charge in [-0.15, -0.1) is 0 Å². The minimum Gasteiger partial charge on any atom is -0.289 e. The fourth-order valence-electron chi connectivity index (χ4n) is 1.50. The number of carbonyl (C=O) groups is 1. The van der Waals surface area contributed by atoms with Crippen LogP contribution in [0.4, 0.5) is 8.78 Å². The van der Waals surface area contributed by atoms with E-state index in [-0.39, 0.29) is 11.3 Å². The van der Waals surface area contributed by atoms with Crippen LogP contribution in [-0.2, 0) is 0 Å². The summed E-state index contributed by atoms with van der Waals surface area (Å²) >= 11 is 0. The van der Waals surface area contributed by atoms with Crippen LogP contribution in [0.3, 0.4) is 0 Å². The number of hydrogen-bond donors (Lipinski definition) is 0. The van der Waals surface area contributed by atoms with E-state index in [0.29, 0.717) is 5.56 Å². The first-order valence-electron chi connectivity index (χ1n) is 5.39. The third-order valence-electron chi connectivity index (χ3n) is 2.44. The van der Waals surface area contributed by atoms with Gasteiger partial charge in [-0.1, -0.05) is 30.3 Å². The fraction of sp³-hybridized carbons (Fsp3) is 0. The molecule has 0 spiro atoms. The average molecular weight is 244 g/mol. The van der Waals surface area contributed by atoms with Crippen molar-refractivity contribution in [2.75, 3.05) is 0 Å². The number of rotatable bonds is 3. The van der Waals surface area contributed by atoms with Gasteiger partial charge in [0, 0.05) is 17.2 Å². The Balaban J connectivity index is 2.19. The predicted molar refractivity (Wildman–Crippen MR) is 66.2 cm³/mol. The van der Waals surface area contributed by atoms with E-state index in [0.717, 1.165) is 12.1 Å². The Morgan fingerprint density at radius 3 is 2.39 bits per heavy atom. The molecule has 0 atom stereocenters. The molecule has 2 aromatic carbocycles. The molecular weight excluding hydrogens is 234 g/mol. The van der Waals surface area contributed by atoms with Crippen molar-refractivity contribution < 1.29 is 13.6 Å². The van der Waals surface area contributed by atoms with Crippen LogP contribution in [-0.4, -0.2) is 5.78 Å². The SMILES string of the molecule is O=C(C=Cc1ccc(F)cc1F)c1ccccc1.